The van der Waals surface area contributed by atoms with E-state index in [1.54, 1.807) is 62.0 Å². The Morgan fingerprint density at radius 1 is 0.250 bits per heavy atom. The van der Waals surface area contributed by atoms with E-state index >= 15 is 0 Å². The number of aromatic nitrogens is 6. The molecule has 4 rings (SSSR count). The number of nitrogens with zero attached hydrogens (tertiary/aromatic N) is 6. The molecule has 0 bridgehead atoms. The molecule has 0 saturated carbocycles. The van der Waals surface area contributed by atoms with Gasteiger partial charge in [0.15, 0.2) is 0 Å². The minimum Gasteiger partial charge on any atom is -0.265 e. The van der Waals surface area contributed by atoms with E-state index in [0.29, 0.717) is 0 Å². The minimum absolute atomic E-state index is 1.64. The molecule has 0 aliphatic carbocycles. The maximum absolute atomic E-state index is 3.78. The third-order valence-electron chi connectivity index (χ3n) is 2.09. The smallest absolute Gasteiger partial charge is 0.0496 e. The van der Waals surface area contributed by atoms with E-state index < -0.39 is 0 Å². The summed E-state index contributed by atoms with van der Waals surface area (Å²) in [7, 11) is 0. The number of pyridine rings is 2. The molecule has 6 heteroatoms. The number of rotatable bonds is 0. The molecule has 120 valence electrons. The zero-order valence-electron chi connectivity index (χ0n) is 13.1. The zero-order chi connectivity index (χ0) is 17.0. The second kappa shape index (κ2) is 15.8. The molecule has 0 saturated heterocycles. The highest BCUT2D eigenvalue weighted by atomic mass is 15.1. The Hall–Kier alpha value is -3.54. The standard InChI is InChI=1S/2C5H5N.2C4H4N2/c2*1-2-4-6-5-3-1;1-2-6-4-3-5-1;1-2-4-6-5-3-1/h2*1-5H;2*1-4H. The van der Waals surface area contributed by atoms with Gasteiger partial charge in [0, 0.05) is 62.0 Å². The molecule has 6 nitrogen and oxygen atoms in total. The Labute approximate surface area is 141 Å². The van der Waals surface area contributed by atoms with Crippen LogP contribution in [-0.2, 0) is 0 Å². The molecule has 4 aromatic heterocycles. The summed E-state index contributed by atoms with van der Waals surface area (Å²) in [6.45, 7) is 0. The Bertz CT molecular complexity index is 433. The molecule has 0 radical (unpaired) electrons. The monoisotopic (exact) mass is 318 g/mol. The van der Waals surface area contributed by atoms with Crippen molar-refractivity contribution in [2.75, 3.05) is 0 Å². The quantitative estimate of drug-likeness (QED) is 0.496. The predicted molar refractivity (Wildman–Crippen MR) is 92.5 cm³/mol. The van der Waals surface area contributed by atoms with Crippen molar-refractivity contribution in [2.45, 2.75) is 0 Å². The van der Waals surface area contributed by atoms with E-state index in [-0.39, 0.29) is 0 Å². The molecule has 4 aromatic rings. The van der Waals surface area contributed by atoms with Crippen molar-refractivity contribution in [2.24, 2.45) is 0 Å². The summed E-state index contributed by atoms with van der Waals surface area (Å²) in [5, 5.41) is 7.07. The van der Waals surface area contributed by atoms with Crippen LogP contribution in [0, 0.1) is 0 Å². The average Bonchev–Trinajstić information content (AvgIpc) is 2.75. The van der Waals surface area contributed by atoms with Crippen LogP contribution in [-0.4, -0.2) is 30.1 Å². The van der Waals surface area contributed by atoms with Crippen molar-refractivity contribution in [3.63, 3.8) is 0 Å². The summed E-state index contributed by atoms with van der Waals surface area (Å²) >= 11 is 0. The molecule has 24 heavy (non-hydrogen) atoms. The first-order valence-electron chi connectivity index (χ1n) is 7.12. The maximum Gasteiger partial charge on any atom is 0.0496 e. The Morgan fingerprint density at radius 2 is 0.542 bits per heavy atom. The van der Waals surface area contributed by atoms with Gasteiger partial charge in [0.1, 0.15) is 0 Å². The molecule has 0 unspecified atom stereocenters. The highest BCUT2D eigenvalue weighted by molar-refractivity contribution is 4.88. The summed E-state index contributed by atoms with van der Waals surface area (Å²) in [4.78, 5) is 15.0. The topological polar surface area (TPSA) is 77.3 Å². The van der Waals surface area contributed by atoms with Gasteiger partial charge in [-0.2, -0.15) is 10.2 Å². The molecule has 0 amide bonds. The second-order valence-corrected chi connectivity index (χ2v) is 3.86. The van der Waals surface area contributed by atoms with Crippen LogP contribution in [0.4, 0.5) is 0 Å². The molecular formula is C18H18N6. The minimum atomic E-state index is 1.64. The molecular weight excluding hydrogens is 300 g/mol. The molecule has 4 heterocycles. The average molecular weight is 318 g/mol. The highest BCUT2D eigenvalue weighted by Crippen LogP contribution is 1.74. The van der Waals surface area contributed by atoms with Crippen LogP contribution < -0.4 is 0 Å². The Morgan fingerprint density at radius 3 is 0.667 bits per heavy atom. The van der Waals surface area contributed by atoms with Crippen molar-refractivity contribution >= 4 is 0 Å². The van der Waals surface area contributed by atoms with Crippen molar-refractivity contribution in [1.82, 2.24) is 30.1 Å². The molecule has 0 N–H and O–H groups in total. The normalized spacial score (nSPS) is 8.00. The lowest BCUT2D eigenvalue weighted by Crippen LogP contribution is -1.69. The van der Waals surface area contributed by atoms with E-state index in [0.717, 1.165) is 0 Å². The van der Waals surface area contributed by atoms with Crippen LogP contribution in [0.1, 0.15) is 0 Å². The van der Waals surface area contributed by atoms with Crippen LogP contribution in [0.3, 0.4) is 0 Å². The van der Waals surface area contributed by atoms with E-state index in [1.165, 1.54) is 0 Å². The number of hydrogen-bond acceptors (Lipinski definition) is 6. The molecule has 0 spiro atoms. The van der Waals surface area contributed by atoms with E-state index in [1.807, 2.05) is 48.5 Å². The van der Waals surface area contributed by atoms with Crippen molar-refractivity contribution in [3.05, 3.63) is 110 Å². The SMILES string of the molecule is c1ccncc1.c1ccncc1.c1ccnnc1.c1cnccn1. The fourth-order valence-corrected chi connectivity index (χ4v) is 1.13. The van der Waals surface area contributed by atoms with Crippen LogP contribution in [0.25, 0.3) is 0 Å². The molecule has 0 fully saturated rings. The second-order valence-electron chi connectivity index (χ2n) is 3.86. The highest BCUT2D eigenvalue weighted by Gasteiger charge is 1.60. The first kappa shape index (κ1) is 18.5. The lowest BCUT2D eigenvalue weighted by Gasteiger charge is -1.70. The first-order valence-corrected chi connectivity index (χ1v) is 7.12. The predicted octanol–water partition coefficient (Wildman–Crippen LogP) is 3.12. The zero-order valence-corrected chi connectivity index (χ0v) is 13.1. The molecule has 0 aliphatic heterocycles. The Balaban J connectivity index is 0.000000160. The fourth-order valence-electron chi connectivity index (χ4n) is 1.13. The van der Waals surface area contributed by atoms with Crippen LogP contribution >= 0.6 is 0 Å². The summed E-state index contributed by atoms with van der Waals surface area (Å²) < 4.78 is 0. The first-order chi connectivity index (χ1) is 12.0. The van der Waals surface area contributed by atoms with Gasteiger partial charge < -0.3 is 0 Å². The molecule has 0 atom stereocenters. The van der Waals surface area contributed by atoms with Gasteiger partial charge in [0.2, 0.25) is 0 Å². The van der Waals surface area contributed by atoms with E-state index in [9.17, 15) is 0 Å². The summed E-state index contributed by atoms with van der Waals surface area (Å²) in [6, 6.07) is 15.1. The van der Waals surface area contributed by atoms with Gasteiger partial charge in [0.05, 0.1) is 0 Å². The number of hydrogen-bond donors (Lipinski definition) is 0. The lowest BCUT2D eigenvalue weighted by molar-refractivity contribution is 1.03. The van der Waals surface area contributed by atoms with Crippen molar-refractivity contribution in [1.29, 1.82) is 0 Å². The van der Waals surface area contributed by atoms with Gasteiger partial charge in [-0.25, -0.2) is 0 Å². The summed E-state index contributed by atoms with van der Waals surface area (Å²) in [5.41, 5.74) is 0. The van der Waals surface area contributed by atoms with Gasteiger partial charge in [-0.15, -0.1) is 0 Å². The van der Waals surface area contributed by atoms with E-state index in [2.05, 4.69) is 30.1 Å². The van der Waals surface area contributed by atoms with Crippen LogP contribution in [0.5, 0.6) is 0 Å². The van der Waals surface area contributed by atoms with Gasteiger partial charge in [-0.3, -0.25) is 19.9 Å². The summed E-state index contributed by atoms with van der Waals surface area (Å²) in [5.74, 6) is 0. The largest absolute Gasteiger partial charge is 0.265 e. The van der Waals surface area contributed by atoms with E-state index in [4.69, 9.17) is 0 Å². The van der Waals surface area contributed by atoms with Crippen molar-refractivity contribution in [3.8, 4) is 0 Å². The lowest BCUT2D eigenvalue weighted by atomic mass is 10.5. The molecule has 0 aromatic carbocycles. The third-order valence-corrected chi connectivity index (χ3v) is 2.09. The van der Waals surface area contributed by atoms with Crippen LogP contribution in [0.15, 0.2) is 110 Å². The van der Waals surface area contributed by atoms with Gasteiger partial charge in [-0.05, 0) is 36.4 Å². The third kappa shape index (κ3) is 13.4. The van der Waals surface area contributed by atoms with Crippen molar-refractivity contribution < 1.29 is 0 Å². The summed E-state index contributed by atoms with van der Waals surface area (Å²) in [6.07, 6.45) is 16.8. The molecule has 0 aliphatic rings. The van der Waals surface area contributed by atoms with Gasteiger partial charge in [-0.1, -0.05) is 12.1 Å². The van der Waals surface area contributed by atoms with Gasteiger partial charge >= 0.3 is 0 Å². The fraction of sp³-hybridized carbons (Fsp3) is 0. The Kier molecular flexibility index (Phi) is 12.2. The maximum atomic E-state index is 3.78. The van der Waals surface area contributed by atoms with Gasteiger partial charge in [0.25, 0.3) is 0 Å². The van der Waals surface area contributed by atoms with Crippen LogP contribution in [0.2, 0.25) is 0 Å².